The van der Waals surface area contributed by atoms with E-state index >= 15 is 0 Å². The number of esters is 1. The van der Waals surface area contributed by atoms with Gasteiger partial charge in [0.2, 0.25) is 5.88 Å². The summed E-state index contributed by atoms with van der Waals surface area (Å²) in [5.41, 5.74) is 1.56. The van der Waals surface area contributed by atoms with Crippen molar-refractivity contribution in [3.05, 3.63) is 59.9 Å². The summed E-state index contributed by atoms with van der Waals surface area (Å²) in [4.78, 5) is 17.0. The second kappa shape index (κ2) is 6.65. The number of methoxy groups -OCH3 is 1. The van der Waals surface area contributed by atoms with Crippen LogP contribution < -0.4 is 4.74 Å². The highest BCUT2D eigenvalue weighted by Gasteiger charge is 2.54. The summed E-state index contributed by atoms with van der Waals surface area (Å²) >= 11 is 0. The normalized spacial score (nSPS) is 14.8. The first kappa shape index (κ1) is 17.5. The van der Waals surface area contributed by atoms with E-state index in [9.17, 15) is 9.18 Å². The molecule has 0 spiro atoms. The van der Waals surface area contributed by atoms with Crippen LogP contribution in [-0.2, 0) is 14.9 Å². The predicted molar refractivity (Wildman–Crippen MR) is 101 cm³/mol. The van der Waals surface area contributed by atoms with Gasteiger partial charge in [0.05, 0.1) is 24.8 Å². The number of fused-ring (bicyclic) bond motifs is 1. The molecule has 0 N–H and O–H groups in total. The van der Waals surface area contributed by atoms with Gasteiger partial charge in [-0.3, -0.25) is 4.79 Å². The minimum atomic E-state index is -0.650. The van der Waals surface area contributed by atoms with E-state index in [-0.39, 0.29) is 11.8 Å². The molecule has 0 aliphatic heterocycles. The van der Waals surface area contributed by atoms with E-state index in [2.05, 4.69) is 4.98 Å². The number of aromatic nitrogens is 1. The van der Waals surface area contributed by atoms with Gasteiger partial charge in [-0.05, 0) is 43.4 Å². The van der Waals surface area contributed by atoms with Crippen molar-refractivity contribution in [3.63, 3.8) is 0 Å². The summed E-state index contributed by atoms with van der Waals surface area (Å²) in [6, 6.07) is 14.3. The number of benzene rings is 2. The Morgan fingerprint density at radius 2 is 2.00 bits per heavy atom. The maximum atomic E-state index is 14.1. The Kier molecular flexibility index (Phi) is 4.30. The van der Waals surface area contributed by atoms with Gasteiger partial charge in [0.15, 0.2) is 0 Å². The van der Waals surface area contributed by atoms with Gasteiger partial charge in [-0.25, -0.2) is 9.37 Å². The zero-order valence-corrected chi connectivity index (χ0v) is 15.3. The molecule has 1 heterocycles. The van der Waals surface area contributed by atoms with Crippen molar-refractivity contribution >= 4 is 16.7 Å². The predicted octanol–water partition coefficient (Wildman–Crippen LogP) is 4.64. The van der Waals surface area contributed by atoms with E-state index in [0.29, 0.717) is 23.6 Å². The number of carbonyl (C=O) groups is 1. The molecule has 0 saturated heterocycles. The molecule has 1 fully saturated rings. The van der Waals surface area contributed by atoms with Crippen LogP contribution in [0.5, 0.6) is 5.88 Å². The van der Waals surface area contributed by atoms with E-state index in [0.717, 1.165) is 29.4 Å². The highest BCUT2D eigenvalue weighted by Crippen LogP contribution is 2.52. The summed E-state index contributed by atoms with van der Waals surface area (Å²) in [6.07, 6.45) is 1.45. The molecule has 4 rings (SSSR count). The smallest absolute Gasteiger partial charge is 0.316 e. The van der Waals surface area contributed by atoms with Crippen molar-refractivity contribution in [1.29, 1.82) is 0 Å². The second-order valence-electron chi connectivity index (χ2n) is 6.73. The fraction of sp³-hybridized carbons (Fsp3) is 0.273. The third kappa shape index (κ3) is 2.93. The average Bonchev–Trinajstić information content (AvgIpc) is 3.50. The van der Waals surface area contributed by atoms with Crippen LogP contribution >= 0.6 is 0 Å². The van der Waals surface area contributed by atoms with Gasteiger partial charge in [0.1, 0.15) is 5.82 Å². The molecule has 5 heteroatoms. The zero-order chi connectivity index (χ0) is 19.0. The first-order chi connectivity index (χ1) is 13.1. The molecule has 138 valence electrons. The number of hydrogen-bond acceptors (Lipinski definition) is 4. The average molecular weight is 365 g/mol. The minimum Gasteiger partial charge on any atom is -0.481 e. The third-order valence-electron chi connectivity index (χ3n) is 5.11. The summed E-state index contributed by atoms with van der Waals surface area (Å²) in [7, 11) is 1.54. The highest BCUT2D eigenvalue weighted by atomic mass is 19.1. The van der Waals surface area contributed by atoms with E-state index in [4.69, 9.17) is 9.47 Å². The van der Waals surface area contributed by atoms with Crippen molar-refractivity contribution in [2.24, 2.45) is 0 Å². The molecule has 1 aliphatic rings. The van der Waals surface area contributed by atoms with E-state index in [1.807, 2.05) is 30.3 Å². The Morgan fingerprint density at radius 3 is 2.70 bits per heavy atom. The number of pyridine rings is 1. The van der Waals surface area contributed by atoms with Crippen LogP contribution in [0.2, 0.25) is 0 Å². The van der Waals surface area contributed by atoms with Gasteiger partial charge >= 0.3 is 5.97 Å². The number of rotatable bonds is 5. The van der Waals surface area contributed by atoms with E-state index in [1.165, 1.54) is 13.2 Å². The SMILES string of the molecule is CCOC(=O)C1(c2ccc(-c3ccc4cccc(F)c4c3)nc2OC)CC1. The monoisotopic (exact) mass is 365 g/mol. The molecular formula is C22H20FNO3. The van der Waals surface area contributed by atoms with Crippen molar-refractivity contribution in [2.45, 2.75) is 25.2 Å². The van der Waals surface area contributed by atoms with Crippen LogP contribution in [0.25, 0.3) is 22.0 Å². The largest absolute Gasteiger partial charge is 0.481 e. The van der Waals surface area contributed by atoms with Crippen LogP contribution in [0.15, 0.2) is 48.5 Å². The van der Waals surface area contributed by atoms with Crippen molar-refractivity contribution < 1.29 is 18.7 Å². The second-order valence-corrected chi connectivity index (χ2v) is 6.73. The number of ether oxygens (including phenoxy) is 2. The number of nitrogens with zero attached hydrogens (tertiary/aromatic N) is 1. The lowest BCUT2D eigenvalue weighted by molar-refractivity contribution is -0.146. The fourth-order valence-corrected chi connectivity index (χ4v) is 3.49. The summed E-state index contributed by atoms with van der Waals surface area (Å²) < 4.78 is 24.8. The Balaban J connectivity index is 1.76. The molecule has 0 bridgehead atoms. The van der Waals surface area contributed by atoms with Crippen molar-refractivity contribution in [2.75, 3.05) is 13.7 Å². The van der Waals surface area contributed by atoms with Crippen molar-refractivity contribution in [3.8, 4) is 17.1 Å². The minimum absolute atomic E-state index is 0.231. The molecule has 1 saturated carbocycles. The van der Waals surface area contributed by atoms with Gasteiger partial charge in [-0.1, -0.05) is 30.3 Å². The van der Waals surface area contributed by atoms with Crippen molar-refractivity contribution in [1.82, 2.24) is 4.98 Å². The van der Waals surface area contributed by atoms with E-state index in [1.54, 1.807) is 19.1 Å². The molecule has 1 aromatic heterocycles. The molecule has 2 aromatic carbocycles. The fourth-order valence-electron chi connectivity index (χ4n) is 3.49. The quantitative estimate of drug-likeness (QED) is 0.618. The number of hydrogen-bond donors (Lipinski definition) is 0. The molecule has 3 aromatic rings. The lowest BCUT2D eigenvalue weighted by Crippen LogP contribution is -2.24. The molecule has 4 nitrogen and oxygen atoms in total. The first-order valence-electron chi connectivity index (χ1n) is 9.00. The number of halogens is 1. The molecule has 0 unspecified atom stereocenters. The molecule has 1 aliphatic carbocycles. The maximum absolute atomic E-state index is 14.1. The van der Waals surface area contributed by atoms with Crippen LogP contribution in [0.3, 0.4) is 0 Å². The summed E-state index contributed by atoms with van der Waals surface area (Å²) in [5.74, 6) is -0.0884. The van der Waals surface area contributed by atoms with Crippen LogP contribution in [0.1, 0.15) is 25.3 Å². The van der Waals surface area contributed by atoms with Gasteiger partial charge in [0.25, 0.3) is 0 Å². The first-order valence-corrected chi connectivity index (χ1v) is 9.00. The van der Waals surface area contributed by atoms with Crippen LogP contribution in [0.4, 0.5) is 4.39 Å². The highest BCUT2D eigenvalue weighted by molar-refractivity contribution is 5.89. The Labute approximate surface area is 156 Å². The van der Waals surface area contributed by atoms with Gasteiger partial charge < -0.3 is 9.47 Å². The van der Waals surface area contributed by atoms with Crippen LogP contribution in [0, 0.1) is 5.82 Å². The molecule has 0 atom stereocenters. The Morgan fingerprint density at radius 1 is 1.19 bits per heavy atom. The lowest BCUT2D eigenvalue weighted by Gasteiger charge is -2.17. The number of carbonyl (C=O) groups excluding carboxylic acids is 1. The third-order valence-corrected chi connectivity index (χ3v) is 5.11. The molecular weight excluding hydrogens is 345 g/mol. The van der Waals surface area contributed by atoms with Gasteiger partial charge in [0, 0.05) is 16.5 Å². The Bertz CT molecular complexity index is 1030. The molecule has 0 radical (unpaired) electrons. The Hall–Kier alpha value is -2.95. The zero-order valence-electron chi connectivity index (χ0n) is 15.3. The van der Waals surface area contributed by atoms with Crippen LogP contribution in [-0.4, -0.2) is 24.7 Å². The maximum Gasteiger partial charge on any atom is 0.316 e. The van der Waals surface area contributed by atoms with Gasteiger partial charge in [-0.2, -0.15) is 0 Å². The molecule has 0 amide bonds. The standard InChI is InChI=1S/C22H20FNO3/c1-3-27-21(25)22(11-12-22)17-9-10-19(24-20(17)26-2)15-8-7-14-5-4-6-18(23)16(14)13-15/h4-10,13H,3,11-12H2,1-2H3. The topological polar surface area (TPSA) is 48.4 Å². The molecule has 27 heavy (non-hydrogen) atoms. The van der Waals surface area contributed by atoms with E-state index < -0.39 is 5.41 Å². The lowest BCUT2D eigenvalue weighted by atomic mass is 9.96. The summed E-state index contributed by atoms with van der Waals surface area (Å²) in [5, 5.41) is 1.38. The van der Waals surface area contributed by atoms with Gasteiger partial charge in [-0.15, -0.1) is 0 Å². The summed E-state index contributed by atoms with van der Waals surface area (Å²) in [6.45, 7) is 2.14.